The van der Waals surface area contributed by atoms with E-state index in [9.17, 15) is 4.79 Å². The minimum absolute atomic E-state index is 0.494. The number of nitrogens with one attached hydrogen (secondary N) is 1. The maximum Gasteiger partial charge on any atom is 0.268 e. The first kappa shape index (κ1) is 9.90. The Kier molecular flexibility index (Phi) is 5.10. The van der Waals surface area contributed by atoms with Crippen LogP contribution in [-0.4, -0.2) is 30.1 Å². The van der Waals surface area contributed by atoms with Gasteiger partial charge in [-0.15, -0.1) is 5.10 Å². The predicted molar refractivity (Wildman–Crippen MR) is 39.9 cm³/mol. The lowest BCUT2D eigenvalue weighted by Gasteiger charge is -1.99. The van der Waals surface area contributed by atoms with Crippen LogP contribution >= 0.6 is 0 Å². The molecule has 0 bridgehead atoms. The van der Waals surface area contributed by atoms with Crippen molar-refractivity contribution in [3.05, 3.63) is 0 Å². The average molecular weight is 160 g/mol. The second-order valence-corrected chi connectivity index (χ2v) is 1.84. The fraction of sp³-hybridized carbons (Fsp3) is 0.667. The Morgan fingerprint density at radius 1 is 1.91 bits per heavy atom. The summed E-state index contributed by atoms with van der Waals surface area (Å²) in [6.07, 6.45) is 0.0640. The van der Waals surface area contributed by atoms with Crippen LogP contribution in [0.4, 0.5) is 0 Å². The van der Waals surface area contributed by atoms with E-state index in [1.54, 1.807) is 6.92 Å². The highest BCUT2D eigenvalue weighted by Crippen LogP contribution is 1.77. The van der Waals surface area contributed by atoms with E-state index in [0.717, 1.165) is 6.40 Å². The van der Waals surface area contributed by atoms with Crippen molar-refractivity contribution >= 4 is 12.3 Å². The third kappa shape index (κ3) is 5.35. The number of aliphatic hydroxyl groups excluding tert-OH is 1. The van der Waals surface area contributed by atoms with Gasteiger partial charge >= 0.3 is 0 Å². The number of carbonyl (C=O) groups is 1. The molecule has 0 aliphatic rings. The zero-order chi connectivity index (χ0) is 8.69. The smallest absolute Gasteiger partial charge is 0.268 e. The Morgan fingerprint density at radius 2 is 2.55 bits per heavy atom. The third-order valence-corrected chi connectivity index (χ3v) is 0.848. The first-order chi connectivity index (χ1) is 5.18. The lowest BCUT2D eigenvalue weighted by atomic mass is 10.4. The zero-order valence-electron chi connectivity index (χ0n) is 6.57. The third-order valence-electron chi connectivity index (χ3n) is 0.848. The highest BCUT2D eigenvalue weighted by Gasteiger charge is 2.05. The number of hydrazone groups is 1. The molecule has 0 fully saturated rings. The van der Waals surface area contributed by atoms with Crippen LogP contribution in [0.2, 0.25) is 0 Å². The minimum atomic E-state index is -1.05. The SMILES string of the molecule is CCO/C=N/NC(=O)C(C)O. The maximum atomic E-state index is 10.6. The van der Waals surface area contributed by atoms with E-state index in [4.69, 9.17) is 5.11 Å². The van der Waals surface area contributed by atoms with Crippen molar-refractivity contribution < 1.29 is 14.6 Å². The Balaban J connectivity index is 3.45. The second-order valence-electron chi connectivity index (χ2n) is 1.84. The summed E-state index contributed by atoms with van der Waals surface area (Å²) in [6.45, 7) is 3.64. The molecule has 0 aliphatic heterocycles. The Hall–Kier alpha value is -1.10. The van der Waals surface area contributed by atoms with Crippen LogP contribution in [0.3, 0.4) is 0 Å². The zero-order valence-corrected chi connectivity index (χ0v) is 6.57. The van der Waals surface area contributed by atoms with E-state index in [2.05, 4.69) is 15.3 Å². The van der Waals surface area contributed by atoms with Gasteiger partial charge in [0.2, 0.25) is 0 Å². The molecule has 5 nitrogen and oxygen atoms in total. The fourth-order valence-electron chi connectivity index (χ4n) is 0.295. The molecule has 0 spiro atoms. The molecule has 5 heteroatoms. The number of amides is 1. The number of ether oxygens (including phenoxy) is 1. The molecular formula is C6H12N2O3. The summed E-state index contributed by atoms with van der Waals surface area (Å²) in [5, 5.41) is 12.0. The van der Waals surface area contributed by atoms with E-state index < -0.39 is 12.0 Å². The molecule has 11 heavy (non-hydrogen) atoms. The van der Waals surface area contributed by atoms with Crippen molar-refractivity contribution in [2.75, 3.05) is 6.61 Å². The molecule has 0 aromatic heterocycles. The molecule has 0 radical (unpaired) electrons. The summed E-state index contributed by atoms with van der Waals surface area (Å²) < 4.78 is 4.68. The number of rotatable bonds is 4. The molecule has 1 amide bonds. The summed E-state index contributed by atoms with van der Waals surface area (Å²) >= 11 is 0. The van der Waals surface area contributed by atoms with Crippen molar-refractivity contribution in [3.8, 4) is 0 Å². The van der Waals surface area contributed by atoms with Crippen LogP contribution in [0.25, 0.3) is 0 Å². The number of hydrogen-bond acceptors (Lipinski definition) is 4. The number of hydrogen-bond donors (Lipinski definition) is 2. The minimum Gasteiger partial charge on any atom is -0.482 e. The van der Waals surface area contributed by atoms with Crippen LogP contribution in [-0.2, 0) is 9.53 Å². The number of carbonyl (C=O) groups excluding carboxylic acids is 1. The van der Waals surface area contributed by atoms with Gasteiger partial charge in [-0.1, -0.05) is 0 Å². The van der Waals surface area contributed by atoms with E-state index in [1.807, 2.05) is 0 Å². The standard InChI is InChI=1S/C6H12N2O3/c1-3-11-4-7-8-6(10)5(2)9/h4-5,9H,3H2,1-2H3,(H,8,10)/b7-4+. The summed E-state index contributed by atoms with van der Waals surface area (Å²) in [6, 6.07) is 0. The summed E-state index contributed by atoms with van der Waals surface area (Å²) in [5.74, 6) is -0.555. The van der Waals surface area contributed by atoms with Gasteiger partial charge in [-0.2, -0.15) is 0 Å². The molecule has 0 aromatic rings. The van der Waals surface area contributed by atoms with Gasteiger partial charge in [0.05, 0.1) is 6.61 Å². The second kappa shape index (κ2) is 5.67. The van der Waals surface area contributed by atoms with Gasteiger partial charge < -0.3 is 9.84 Å². The van der Waals surface area contributed by atoms with E-state index >= 15 is 0 Å². The van der Waals surface area contributed by atoms with E-state index in [0.29, 0.717) is 6.61 Å². The highest BCUT2D eigenvalue weighted by molar-refractivity contribution is 5.80. The quantitative estimate of drug-likeness (QED) is 0.330. The van der Waals surface area contributed by atoms with Gasteiger partial charge in [0, 0.05) is 0 Å². The van der Waals surface area contributed by atoms with Gasteiger partial charge in [-0.05, 0) is 13.8 Å². The summed E-state index contributed by atoms with van der Waals surface area (Å²) in [5.41, 5.74) is 2.07. The maximum absolute atomic E-state index is 10.6. The molecule has 0 aliphatic carbocycles. The van der Waals surface area contributed by atoms with Gasteiger partial charge in [0.25, 0.3) is 5.91 Å². The molecule has 0 saturated carbocycles. The molecule has 2 N–H and O–H groups in total. The van der Waals surface area contributed by atoms with Crippen LogP contribution in [0, 0.1) is 0 Å². The van der Waals surface area contributed by atoms with Crippen LogP contribution in [0.5, 0.6) is 0 Å². The van der Waals surface area contributed by atoms with E-state index in [1.165, 1.54) is 6.92 Å². The Labute approximate surface area is 65.0 Å². The van der Waals surface area contributed by atoms with Crippen molar-refractivity contribution in [2.45, 2.75) is 20.0 Å². The molecule has 0 aromatic carbocycles. The van der Waals surface area contributed by atoms with Crippen LogP contribution in [0.15, 0.2) is 5.10 Å². The lowest BCUT2D eigenvalue weighted by molar-refractivity contribution is -0.128. The molecule has 0 rings (SSSR count). The predicted octanol–water partition coefficient (Wildman–Crippen LogP) is -0.537. The molecule has 1 atom stereocenters. The van der Waals surface area contributed by atoms with Crippen molar-refractivity contribution in [1.82, 2.24) is 5.43 Å². The monoisotopic (exact) mass is 160 g/mol. The van der Waals surface area contributed by atoms with Gasteiger partial charge in [-0.25, -0.2) is 5.43 Å². The Morgan fingerprint density at radius 3 is 3.00 bits per heavy atom. The molecule has 1 unspecified atom stereocenters. The first-order valence-corrected chi connectivity index (χ1v) is 3.29. The molecule has 0 heterocycles. The Bertz CT molecular complexity index is 145. The van der Waals surface area contributed by atoms with Crippen molar-refractivity contribution in [1.29, 1.82) is 0 Å². The van der Waals surface area contributed by atoms with Crippen LogP contribution < -0.4 is 5.43 Å². The van der Waals surface area contributed by atoms with E-state index in [-0.39, 0.29) is 0 Å². The highest BCUT2D eigenvalue weighted by atomic mass is 16.5. The fourth-order valence-corrected chi connectivity index (χ4v) is 0.295. The molecule has 64 valence electrons. The lowest BCUT2D eigenvalue weighted by Crippen LogP contribution is -2.28. The van der Waals surface area contributed by atoms with Gasteiger partial charge in [0.15, 0.2) is 6.40 Å². The molecule has 0 saturated heterocycles. The topological polar surface area (TPSA) is 70.9 Å². The van der Waals surface area contributed by atoms with Crippen molar-refractivity contribution in [2.24, 2.45) is 5.10 Å². The van der Waals surface area contributed by atoms with Gasteiger partial charge in [-0.3, -0.25) is 4.79 Å². The largest absolute Gasteiger partial charge is 0.482 e. The van der Waals surface area contributed by atoms with Gasteiger partial charge in [0.1, 0.15) is 6.10 Å². The van der Waals surface area contributed by atoms with Crippen LogP contribution in [0.1, 0.15) is 13.8 Å². The molecular weight excluding hydrogens is 148 g/mol. The number of aliphatic hydroxyl groups is 1. The normalized spacial score (nSPS) is 13.0. The van der Waals surface area contributed by atoms with Crippen molar-refractivity contribution in [3.63, 3.8) is 0 Å². The summed E-state index contributed by atoms with van der Waals surface area (Å²) in [4.78, 5) is 10.6. The number of nitrogens with zero attached hydrogens (tertiary/aromatic N) is 1. The first-order valence-electron chi connectivity index (χ1n) is 3.29. The summed E-state index contributed by atoms with van der Waals surface area (Å²) in [7, 11) is 0. The average Bonchev–Trinajstić information content (AvgIpc) is 1.97.